The lowest BCUT2D eigenvalue weighted by atomic mass is 10.1. The molecule has 14 nitrogen and oxygen atoms in total. The van der Waals surface area contributed by atoms with Crippen molar-refractivity contribution in [2.75, 3.05) is 59.6 Å². The summed E-state index contributed by atoms with van der Waals surface area (Å²) in [4.78, 5) is 4.21. The molecule has 0 radical (unpaired) electrons. The molecule has 2 saturated heterocycles. The van der Waals surface area contributed by atoms with Gasteiger partial charge in [0.2, 0.25) is 0 Å². The highest BCUT2D eigenvalue weighted by atomic mass is 32.2. The number of sulfonamides is 2. The Kier molecular flexibility index (Phi) is 13.9. The molecule has 8 rings (SSSR count). The number of benzene rings is 4. The van der Waals surface area contributed by atoms with E-state index in [1.807, 2.05) is 24.3 Å². The predicted molar refractivity (Wildman–Crippen MR) is 249 cm³/mol. The zero-order valence-corrected chi connectivity index (χ0v) is 38.5. The van der Waals surface area contributed by atoms with Gasteiger partial charge in [0.1, 0.15) is 22.2 Å². The van der Waals surface area contributed by atoms with Crippen LogP contribution in [0.5, 0.6) is 11.5 Å². The maximum atomic E-state index is 14.8. The highest BCUT2D eigenvalue weighted by Gasteiger charge is 2.27. The first-order valence-electron chi connectivity index (χ1n) is 20.9. The molecule has 4 aromatic carbocycles. The van der Waals surface area contributed by atoms with Crippen molar-refractivity contribution in [3.05, 3.63) is 121 Å². The van der Waals surface area contributed by atoms with Crippen LogP contribution in [-0.2, 0) is 20.0 Å². The summed E-state index contributed by atoms with van der Waals surface area (Å²) >= 11 is 0. The van der Waals surface area contributed by atoms with Crippen LogP contribution in [0.15, 0.2) is 129 Å². The molecule has 17 heteroatoms. The molecule has 2 fully saturated rings. The Labute approximate surface area is 374 Å². The zero-order chi connectivity index (χ0) is 45.8. The average molecular weight is 915 g/mol. The van der Waals surface area contributed by atoms with E-state index < -0.39 is 30.8 Å². The minimum atomic E-state index is -4.19. The van der Waals surface area contributed by atoms with Crippen LogP contribution in [0.3, 0.4) is 0 Å². The number of nitrogens with zero attached hydrogens (tertiary/aromatic N) is 2. The van der Waals surface area contributed by atoms with Gasteiger partial charge < -0.3 is 38.7 Å². The number of rotatable bonds is 12. The number of aryl methyl sites for hydroxylation is 1. The third-order valence-corrected chi connectivity index (χ3v) is 14.0. The van der Waals surface area contributed by atoms with Crippen molar-refractivity contribution in [2.45, 2.75) is 68.6 Å². The van der Waals surface area contributed by atoms with E-state index in [0.717, 1.165) is 54.4 Å². The van der Waals surface area contributed by atoms with Crippen molar-refractivity contribution >= 4 is 42.8 Å². The fourth-order valence-electron chi connectivity index (χ4n) is 8.33. The molecule has 64 heavy (non-hydrogen) atoms. The maximum Gasteiger partial charge on any atom is 0.264 e. The molecule has 0 amide bonds. The number of hydrogen-bond acceptors (Lipinski definition) is 12. The van der Waals surface area contributed by atoms with Gasteiger partial charge in [-0.2, -0.15) is 0 Å². The molecule has 4 heterocycles. The fourth-order valence-corrected chi connectivity index (χ4v) is 10.7. The van der Waals surface area contributed by atoms with Gasteiger partial charge in [0.25, 0.3) is 20.0 Å². The number of nitrogens with one attached hydrogen (secondary N) is 4. The Morgan fingerprint density at radius 3 is 1.67 bits per heavy atom. The molecule has 0 saturated carbocycles. The molecule has 2 aliphatic rings. The maximum absolute atomic E-state index is 14.8. The predicted octanol–water partition coefficient (Wildman–Crippen LogP) is 8.33. The van der Waals surface area contributed by atoms with Crippen molar-refractivity contribution in [1.29, 1.82) is 0 Å². The summed E-state index contributed by atoms with van der Waals surface area (Å²) in [6.45, 7) is 13.5. The normalized spacial score (nSPS) is 19.1. The van der Waals surface area contributed by atoms with Crippen LogP contribution < -0.4 is 39.4 Å². The van der Waals surface area contributed by atoms with E-state index in [9.17, 15) is 21.2 Å². The summed E-state index contributed by atoms with van der Waals surface area (Å²) in [5.41, 5.74) is 6.15. The summed E-state index contributed by atoms with van der Waals surface area (Å²) in [7, 11) is -4.87. The van der Waals surface area contributed by atoms with Crippen LogP contribution in [0.1, 0.15) is 33.3 Å². The smallest absolute Gasteiger partial charge is 0.264 e. The molecular formula is C47H55FN6O8S2. The Hall–Kier alpha value is -6.01. The van der Waals surface area contributed by atoms with E-state index in [2.05, 4.69) is 57.6 Å². The van der Waals surface area contributed by atoms with Crippen LogP contribution >= 0.6 is 0 Å². The van der Waals surface area contributed by atoms with E-state index in [0.29, 0.717) is 52.3 Å². The number of halogens is 1. The summed E-state index contributed by atoms with van der Waals surface area (Å²) in [6, 6.07) is 24.7. The summed E-state index contributed by atoms with van der Waals surface area (Å²) in [5, 5.41) is 6.98. The SMILES string of the molecule is COc1ccc(N2C[C@@H](C)N[C@@H](C)C2)cc1NS(=O)(=O)c1ccc(-c2ccoc2)cc1F.COc1ccc(NS(=O)(=O)c2ccc(-c3ccoc3)cc2C)cc1N1C[C@@H](C)N[C@@H](C)C1. The van der Waals surface area contributed by atoms with Gasteiger partial charge in [-0.15, -0.1) is 0 Å². The quantitative estimate of drug-likeness (QED) is 0.0929. The minimum Gasteiger partial charge on any atom is -0.495 e. The Balaban J connectivity index is 0.000000191. The Bertz CT molecular complexity index is 2750. The molecule has 2 aliphatic heterocycles. The topological polar surface area (TPSA) is 168 Å². The van der Waals surface area contributed by atoms with E-state index in [1.165, 1.54) is 31.8 Å². The van der Waals surface area contributed by atoms with E-state index in [1.54, 1.807) is 75.1 Å². The van der Waals surface area contributed by atoms with Gasteiger partial charge in [-0.25, -0.2) is 21.2 Å². The largest absolute Gasteiger partial charge is 0.495 e. The number of ether oxygens (including phenoxy) is 2. The van der Waals surface area contributed by atoms with Crippen molar-refractivity contribution in [2.24, 2.45) is 0 Å². The first-order valence-corrected chi connectivity index (χ1v) is 23.9. The average Bonchev–Trinajstić information content (AvgIpc) is 3.99. The van der Waals surface area contributed by atoms with Gasteiger partial charge in [-0.1, -0.05) is 12.1 Å². The lowest BCUT2D eigenvalue weighted by molar-refractivity contribution is 0.391. The molecule has 4 atom stereocenters. The second-order valence-corrected chi connectivity index (χ2v) is 19.7. The highest BCUT2D eigenvalue weighted by Crippen LogP contribution is 2.36. The van der Waals surface area contributed by atoms with Crippen LogP contribution in [0, 0.1) is 12.7 Å². The number of furan rings is 2. The van der Waals surface area contributed by atoms with Gasteiger partial charge in [0, 0.05) is 67.2 Å². The molecule has 6 aromatic rings. The highest BCUT2D eigenvalue weighted by molar-refractivity contribution is 7.93. The van der Waals surface area contributed by atoms with E-state index in [4.69, 9.17) is 18.3 Å². The number of hydrogen-bond donors (Lipinski definition) is 4. The summed E-state index contributed by atoms with van der Waals surface area (Å²) in [6.07, 6.45) is 6.17. The monoisotopic (exact) mass is 914 g/mol. The molecular weight excluding hydrogens is 860 g/mol. The van der Waals surface area contributed by atoms with Crippen LogP contribution in [0.25, 0.3) is 22.3 Å². The lowest BCUT2D eigenvalue weighted by Gasteiger charge is -2.38. The second-order valence-electron chi connectivity index (χ2n) is 16.4. The minimum absolute atomic E-state index is 0.242. The lowest BCUT2D eigenvalue weighted by Crippen LogP contribution is -2.54. The fraction of sp³-hybridized carbons (Fsp3) is 0.319. The molecule has 0 spiro atoms. The zero-order valence-electron chi connectivity index (χ0n) is 36.9. The third-order valence-electron chi connectivity index (χ3n) is 11.1. The molecule has 0 bridgehead atoms. The van der Waals surface area contributed by atoms with Gasteiger partial charge in [-0.05, 0) is 124 Å². The third kappa shape index (κ3) is 10.7. The molecule has 2 aromatic heterocycles. The van der Waals surface area contributed by atoms with E-state index in [-0.39, 0.29) is 10.6 Å². The van der Waals surface area contributed by atoms with Gasteiger partial charge in [0.05, 0.1) is 61.2 Å². The van der Waals surface area contributed by atoms with Gasteiger partial charge in [-0.3, -0.25) is 9.44 Å². The number of anilines is 4. The summed E-state index contributed by atoms with van der Waals surface area (Å²) in [5.74, 6) is 0.218. The van der Waals surface area contributed by atoms with Crippen molar-refractivity contribution in [3.63, 3.8) is 0 Å². The summed E-state index contributed by atoms with van der Waals surface area (Å²) < 4.78 is 93.5. The Morgan fingerprint density at radius 2 is 1.14 bits per heavy atom. The molecule has 0 aliphatic carbocycles. The first-order chi connectivity index (χ1) is 30.5. The van der Waals surface area contributed by atoms with Crippen molar-refractivity contribution in [3.8, 4) is 33.8 Å². The van der Waals surface area contributed by atoms with Crippen LogP contribution in [0.2, 0.25) is 0 Å². The van der Waals surface area contributed by atoms with Crippen molar-refractivity contribution < 1.29 is 39.5 Å². The van der Waals surface area contributed by atoms with Crippen LogP contribution in [-0.4, -0.2) is 81.4 Å². The first kappa shape index (κ1) is 46.0. The van der Waals surface area contributed by atoms with Crippen molar-refractivity contribution in [1.82, 2.24) is 10.6 Å². The molecule has 4 N–H and O–H groups in total. The Morgan fingerprint density at radius 1 is 0.609 bits per heavy atom. The molecule has 0 unspecified atom stereocenters. The number of piperazine rings is 2. The molecule has 340 valence electrons. The second kappa shape index (κ2) is 19.4. The van der Waals surface area contributed by atoms with E-state index >= 15 is 0 Å². The van der Waals surface area contributed by atoms with Gasteiger partial charge >= 0.3 is 0 Å². The standard InChI is InChI=1S/C24H29N3O4S.C23H26FN3O4S/c1-16-11-19(20-9-10-31-15-20)5-8-24(16)32(28,29)26-21-6-7-23(30-4)22(12-21)27-13-17(2)25-18(3)14-27;1-15-12-27(13-16(2)25-15)19-5-6-22(30-3)21(11-19)26-32(28,29)23-7-4-17(10-20(23)24)18-8-9-31-14-18/h5-12,15,17-18,25-26H,13-14H2,1-4H3;4-11,14-16,25-26H,12-13H2,1-3H3/t17-,18+;15-,16+. The van der Waals surface area contributed by atoms with Crippen LogP contribution in [0.4, 0.5) is 27.1 Å². The van der Waals surface area contributed by atoms with Gasteiger partial charge in [0.15, 0.2) is 0 Å². The number of methoxy groups -OCH3 is 2.